The molecule has 2 aromatic heterocycles. The Morgan fingerprint density at radius 3 is 2.52 bits per heavy atom. The van der Waals surface area contributed by atoms with Gasteiger partial charge in [-0.15, -0.1) is 0 Å². The highest BCUT2D eigenvalue weighted by Gasteiger charge is 2.49. The van der Waals surface area contributed by atoms with Crippen molar-refractivity contribution in [3.8, 4) is 11.6 Å². The molecule has 180 valence electrons. The van der Waals surface area contributed by atoms with Gasteiger partial charge in [-0.1, -0.05) is 0 Å². The van der Waals surface area contributed by atoms with Gasteiger partial charge in [0.05, 0.1) is 38.3 Å². The minimum Gasteiger partial charge on any atom is -0.495 e. The molecule has 0 aromatic carbocycles. The molecule has 0 radical (unpaired) electrons. The number of amides is 1. The Labute approximate surface area is 187 Å². The molecule has 1 aliphatic heterocycles. The highest BCUT2D eigenvalue weighted by Crippen LogP contribution is 2.28. The minimum absolute atomic E-state index is 0.0285. The van der Waals surface area contributed by atoms with Gasteiger partial charge in [-0.05, 0) is 19.1 Å². The van der Waals surface area contributed by atoms with Gasteiger partial charge < -0.3 is 23.9 Å². The third kappa shape index (κ3) is 5.98. The van der Waals surface area contributed by atoms with E-state index in [-0.39, 0.29) is 17.3 Å². The summed E-state index contributed by atoms with van der Waals surface area (Å²) in [5, 5.41) is 2.60. The zero-order chi connectivity index (χ0) is 24.2. The molecule has 11 nitrogen and oxygen atoms in total. The number of hydrogen-bond donors (Lipinski definition) is 1. The van der Waals surface area contributed by atoms with Crippen LogP contribution < -0.4 is 19.1 Å². The van der Waals surface area contributed by atoms with Crippen molar-refractivity contribution in [2.45, 2.75) is 18.5 Å². The summed E-state index contributed by atoms with van der Waals surface area (Å²) in [6.07, 6.45) is 1.34. The molecule has 1 aliphatic rings. The molecule has 0 bridgehead atoms. The van der Waals surface area contributed by atoms with E-state index in [1.54, 1.807) is 4.90 Å². The SMILES string of the molecule is COc1ccc(C(=O)N[C@H](C)c2cc(OS(=O)(=O)C(F)(F)F)nc(N3CCOCC3)n2)nc1. The Balaban J connectivity index is 1.88. The van der Waals surface area contributed by atoms with Gasteiger partial charge in [-0.25, -0.2) is 9.97 Å². The standard InChI is InChI=1S/C18H20F3N5O6S/c1-11(23-16(27)13-4-3-12(30-2)10-22-13)14-9-15(32-33(28,29)18(19,20)21)25-17(24-14)26-5-7-31-8-6-26/h3-4,9-11H,5-8H2,1-2H3,(H,23,27)/t11-/m1/s1. The zero-order valence-electron chi connectivity index (χ0n) is 17.5. The zero-order valence-corrected chi connectivity index (χ0v) is 18.3. The van der Waals surface area contributed by atoms with Crippen LogP contribution in [0.5, 0.6) is 11.6 Å². The first-order chi connectivity index (χ1) is 15.5. The summed E-state index contributed by atoms with van der Waals surface area (Å²) in [4.78, 5) is 26.1. The van der Waals surface area contributed by atoms with E-state index in [4.69, 9.17) is 9.47 Å². The smallest absolute Gasteiger partial charge is 0.495 e. The van der Waals surface area contributed by atoms with Crippen molar-refractivity contribution in [1.29, 1.82) is 0 Å². The van der Waals surface area contributed by atoms with E-state index in [2.05, 4.69) is 24.5 Å². The summed E-state index contributed by atoms with van der Waals surface area (Å²) < 4.78 is 75.7. The highest BCUT2D eigenvalue weighted by molar-refractivity contribution is 7.87. The molecular formula is C18H20F3N5O6S. The van der Waals surface area contributed by atoms with Gasteiger partial charge in [0.15, 0.2) is 0 Å². The van der Waals surface area contributed by atoms with Gasteiger partial charge in [0.25, 0.3) is 5.91 Å². The number of hydrogen-bond acceptors (Lipinski definition) is 10. The lowest BCUT2D eigenvalue weighted by atomic mass is 10.2. The number of anilines is 1. The van der Waals surface area contributed by atoms with E-state index in [1.165, 1.54) is 32.4 Å². The van der Waals surface area contributed by atoms with Crippen molar-refractivity contribution >= 4 is 22.0 Å². The van der Waals surface area contributed by atoms with Crippen molar-refractivity contribution in [3.05, 3.63) is 35.8 Å². The van der Waals surface area contributed by atoms with Crippen LogP contribution in [0.1, 0.15) is 29.1 Å². The Hall–Kier alpha value is -3.20. The normalized spacial score (nSPS) is 15.6. The first kappa shape index (κ1) is 24.4. The Bertz CT molecular complexity index is 1090. The average molecular weight is 491 g/mol. The highest BCUT2D eigenvalue weighted by atomic mass is 32.2. The van der Waals surface area contributed by atoms with Crippen molar-refractivity contribution in [2.75, 3.05) is 38.3 Å². The third-order valence-electron chi connectivity index (χ3n) is 4.48. The van der Waals surface area contributed by atoms with E-state index in [0.717, 1.165) is 6.07 Å². The van der Waals surface area contributed by atoms with Crippen molar-refractivity contribution in [2.24, 2.45) is 0 Å². The number of nitrogens with one attached hydrogen (secondary N) is 1. The second kappa shape index (κ2) is 9.74. The summed E-state index contributed by atoms with van der Waals surface area (Å²) in [5.74, 6) is -1.05. The summed E-state index contributed by atoms with van der Waals surface area (Å²) >= 11 is 0. The van der Waals surface area contributed by atoms with Gasteiger partial charge in [0.1, 0.15) is 11.4 Å². The lowest BCUT2D eigenvalue weighted by Crippen LogP contribution is -2.38. The largest absolute Gasteiger partial charge is 0.534 e. The van der Waals surface area contributed by atoms with Gasteiger partial charge in [0, 0.05) is 19.2 Å². The number of pyridine rings is 1. The number of carbonyl (C=O) groups excluding carboxylic acids is 1. The molecule has 3 heterocycles. The summed E-state index contributed by atoms with van der Waals surface area (Å²) in [6, 6.07) is 3.01. The molecule has 15 heteroatoms. The quantitative estimate of drug-likeness (QED) is 0.448. The molecule has 1 saturated heterocycles. The molecule has 33 heavy (non-hydrogen) atoms. The molecule has 0 aliphatic carbocycles. The Kier molecular flexibility index (Phi) is 7.22. The lowest BCUT2D eigenvalue weighted by molar-refractivity contribution is -0.0501. The fraction of sp³-hybridized carbons (Fsp3) is 0.444. The first-order valence-corrected chi connectivity index (χ1v) is 10.9. The molecule has 0 spiro atoms. The number of methoxy groups -OCH3 is 1. The topological polar surface area (TPSA) is 133 Å². The van der Waals surface area contributed by atoms with E-state index in [0.29, 0.717) is 32.1 Å². The van der Waals surface area contributed by atoms with Crippen molar-refractivity contribution in [3.63, 3.8) is 0 Å². The lowest BCUT2D eigenvalue weighted by Gasteiger charge is -2.27. The molecule has 2 aromatic rings. The molecule has 3 rings (SSSR count). The minimum atomic E-state index is -5.96. The summed E-state index contributed by atoms with van der Waals surface area (Å²) in [5.41, 5.74) is -5.56. The van der Waals surface area contributed by atoms with Crippen LogP contribution in [0.25, 0.3) is 0 Å². The monoisotopic (exact) mass is 491 g/mol. The van der Waals surface area contributed by atoms with Gasteiger partial charge >= 0.3 is 15.6 Å². The van der Waals surface area contributed by atoms with E-state index >= 15 is 0 Å². The molecule has 0 saturated carbocycles. The maximum atomic E-state index is 12.8. The Morgan fingerprint density at radius 1 is 1.24 bits per heavy atom. The van der Waals surface area contributed by atoms with E-state index in [9.17, 15) is 26.4 Å². The van der Waals surface area contributed by atoms with Crippen molar-refractivity contribution < 1.29 is 40.0 Å². The van der Waals surface area contributed by atoms with Crippen LogP contribution in [-0.2, 0) is 14.9 Å². The summed E-state index contributed by atoms with van der Waals surface area (Å²) in [6.45, 7) is 2.80. The fourth-order valence-electron chi connectivity index (χ4n) is 2.74. The maximum absolute atomic E-state index is 12.8. The van der Waals surface area contributed by atoms with Crippen LogP contribution in [-0.4, -0.2) is 68.2 Å². The van der Waals surface area contributed by atoms with Crippen LogP contribution in [0.3, 0.4) is 0 Å². The van der Waals surface area contributed by atoms with Crippen LogP contribution in [0.2, 0.25) is 0 Å². The second-order valence-corrected chi connectivity index (χ2v) is 8.33. The number of nitrogens with zero attached hydrogens (tertiary/aromatic N) is 4. The number of alkyl halides is 3. The number of morpholine rings is 1. The van der Waals surface area contributed by atoms with Crippen molar-refractivity contribution in [1.82, 2.24) is 20.3 Å². The number of rotatable bonds is 7. The molecule has 1 N–H and O–H groups in total. The predicted octanol–water partition coefficient (Wildman–Crippen LogP) is 1.44. The number of halogens is 3. The van der Waals surface area contributed by atoms with Crippen LogP contribution in [0, 0.1) is 0 Å². The molecular weight excluding hydrogens is 471 g/mol. The van der Waals surface area contributed by atoms with Gasteiger partial charge in [-0.3, -0.25) is 4.79 Å². The first-order valence-electron chi connectivity index (χ1n) is 9.53. The maximum Gasteiger partial charge on any atom is 0.534 e. The fourth-order valence-corrected chi connectivity index (χ4v) is 3.14. The number of ether oxygens (including phenoxy) is 2. The van der Waals surface area contributed by atoms with E-state index < -0.39 is 33.5 Å². The molecule has 1 fully saturated rings. The Morgan fingerprint density at radius 2 is 1.94 bits per heavy atom. The molecule has 0 unspecified atom stereocenters. The molecule has 1 amide bonds. The van der Waals surface area contributed by atoms with Gasteiger partial charge in [-0.2, -0.15) is 26.6 Å². The van der Waals surface area contributed by atoms with Crippen LogP contribution in [0.15, 0.2) is 24.4 Å². The summed E-state index contributed by atoms with van der Waals surface area (Å²) in [7, 11) is -4.51. The molecule has 1 atom stereocenters. The van der Waals surface area contributed by atoms with Crippen LogP contribution in [0.4, 0.5) is 19.1 Å². The van der Waals surface area contributed by atoms with Crippen LogP contribution >= 0.6 is 0 Å². The number of carbonyl (C=O) groups is 1. The predicted molar refractivity (Wildman–Crippen MR) is 107 cm³/mol. The third-order valence-corrected chi connectivity index (χ3v) is 5.44. The average Bonchev–Trinajstić information content (AvgIpc) is 2.78. The van der Waals surface area contributed by atoms with E-state index in [1.807, 2.05) is 0 Å². The second-order valence-electron chi connectivity index (χ2n) is 6.79. The van der Waals surface area contributed by atoms with Gasteiger partial charge in [0.2, 0.25) is 11.8 Å². The number of aromatic nitrogens is 3.